The Bertz CT molecular complexity index is 835. The van der Waals surface area contributed by atoms with E-state index in [1.807, 2.05) is 13.8 Å². The van der Waals surface area contributed by atoms with Gasteiger partial charge in [0.05, 0.1) is 6.04 Å². The second kappa shape index (κ2) is 7.95. The molecule has 3 rings (SSSR count). The Hall–Kier alpha value is -1.98. The molecule has 1 aliphatic heterocycles. The minimum Gasteiger partial charge on any atom is -0.343 e. The number of nitrogens with zero attached hydrogens (tertiary/aromatic N) is 1. The zero-order valence-electron chi connectivity index (χ0n) is 15.4. The molecular weight excluding hydrogens is 370 g/mol. The van der Waals surface area contributed by atoms with Crippen molar-refractivity contribution >= 4 is 17.5 Å². The molecule has 1 N–H and O–H groups in total. The summed E-state index contributed by atoms with van der Waals surface area (Å²) in [5.41, 5.74) is 0.475. The molecule has 0 radical (unpaired) electrons. The summed E-state index contributed by atoms with van der Waals surface area (Å²) in [6.45, 7) is 5.84. The van der Waals surface area contributed by atoms with Crippen LogP contribution in [0.2, 0.25) is 5.02 Å². The quantitative estimate of drug-likeness (QED) is 0.779. The van der Waals surface area contributed by atoms with E-state index in [0.717, 1.165) is 38.1 Å². The van der Waals surface area contributed by atoms with E-state index in [9.17, 15) is 13.6 Å². The van der Waals surface area contributed by atoms with Gasteiger partial charge in [0.15, 0.2) is 11.6 Å². The number of nitrogens with one attached hydrogen (secondary N) is 1. The number of halogens is 3. The fraction of sp³-hybridized carbons (Fsp3) is 0.381. The van der Waals surface area contributed by atoms with Crippen molar-refractivity contribution in [1.82, 2.24) is 10.2 Å². The van der Waals surface area contributed by atoms with Crippen LogP contribution in [-0.2, 0) is 0 Å². The van der Waals surface area contributed by atoms with Crippen LogP contribution in [0, 0.1) is 11.6 Å². The number of hydrogen-bond acceptors (Lipinski definition) is 2. The van der Waals surface area contributed by atoms with Crippen molar-refractivity contribution in [2.45, 2.75) is 38.3 Å². The molecule has 1 amide bonds. The van der Waals surface area contributed by atoms with E-state index in [2.05, 4.69) is 10.2 Å². The monoisotopic (exact) mass is 392 g/mol. The van der Waals surface area contributed by atoms with Crippen molar-refractivity contribution in [2.75, 3.05) is 13.1 Å². The highest BCUT2D eigenvalue weighted by atomic mass is 35.5. The Morgan fingerprint density at radius 2 is 1.81 bits per heavy atom. The lowest BCUT2D eigenvalue weighted by Gasteiger charge is -2.42. The smallest absolute Gasteiger partial charge is 0.251 e. The maximum Gasteiger partial charge on any atom is 0.251 e. The molecule has 3 nitrogen and oxygen atoms in total. The summed E-state index contributed by atoms with van der Waals surface area (Å²) in [5, 5.41) is 3.48. The van der Waals surface area contributed by atoms with Gasteiger partial charge in [0, 0.05) is 16.1 Å². The second-order valence-electron chi connectivity index (χ2n) is 7.44. The van der Waals surface area contributed by atoms with Gasteiger partial charge in [0.25, 0.3) is 5.91 Å². The number of amides is 1. The van der Waals surface area contributed by atoms with Gasteiger partial charge in [-0.2, -0.15) is 0 Å². The Morgan fingerprint density at radius 1 is 1.11 bits per heavy atom. The van der Waals surface area contributed by atoms with Gasteiger partial charge in [-0.3, -0.25) is 9.69 Å². The highest BCUT2D eigenvalue weighted by molar-refractivity contribution is 6.30. The number of hydrogen-bond donors (Lipinski definition) is 1. The zero-order chi connectivity index (χ0) is 19.6. The third-order valence-electron chi connectivity index (χ3n) is 5.27. The molecule has 1 atom stereocenters. The van der Waals surface area contributed by atoms with Crippen LogP contribution in [0.4, 0.5) is 8.78 Å². The molecule has 1 unspecified atom stereocenters. The molecule has 144 valence electrons. The standard InChI is InChI=1S/C21H23ClF2N2O/c1-21(2,26-10-3-4-11-26)19(14-8-9-17(23)18(24)13-14)25-20(27)15-6-5-7-16(22)12-15/h5-9,12-13,19H,3-4,10-11H2,1-2H3,(H,25,27). The maximum absolute atomic E-state index is 13.9. The minimum atomic E-state index is -0.924. The summed E-state index contributed by atoms with van der Waals surface area (Å²) in [6.07, 6.45) is 2.16. The molecule has 6 heteroatoms. The molecule has 0 bridgehead atoms. The summed E-state index contributed by atoms with van der Waals surface area (Å²) in [4.78, 5) is 15.1. The molecular formula is C21H23ClF2N2O. The van der Waals surface area contributed by atoms with E-state index in [1.54, 1.807) is 24.3 Å². The molecule has 0 saturated carbocycles. The Morgan fingerprint density at radius 3 is 2.44 bits per heavy atom. The topological polar surface area (TPSA) is 32.3 Å². The average Bonchev–Trinajstić information content (AvgIpc) is 3.17. The van der Waals surface area contributed by atoms with Crippen LogP contribution < -0.4 is 5.32 Å². The van der Waals surface area contributed by atoms with Crippen molar-refractivity contribution in [3.8, 4) is 0 Å². The highest BCUT2D eigenvalue weighted by Gasteiger charge is 2.39. The molecule has 0 spiro atoms. The lowest BCUT2D eigenvalue weighted by molar-refractivity contribution is 0.0778. The van der Waals surface area contributed by atoms with Gasteiger partial charge in [-0.15, -0.1) is 0 Å². The molecule has 2 aromatic carbocycles. The number of likely N-dealkylation sites (tertiary alicyclic amines) is 1. The van der Waals surface area contributed by atoms with Crippen LogP contribution >= 0.6 is 11.6 Å². The van der Waals surface area contributed by atoms with Crippen LogP contribution in [0.3, 0.4) is 0 Å². The van der Waals surface area contributed by atoms with E-state index < -0.39 is 23.2 Å². The van der Waals surface area contributed by atoms with Crippen molar-refractivity contribution in [1.29, 1.82) is 0 Å². The van der Waals surface area contributed by atoms with Crippen molar-refractivity contribution in [2.24, 2.45) is 0 Å². The van der Waals surface area contributed by atoms with Crippen LogP contribution in [0.15, 0.2) is 42.5 Å². The van der Waals surface area contributed by atoms with E-state index in [0.29, 0.717) is 16.1 Å². The van der Waals surface area contributed by atoms with Crippen LogP contribution in [-0.4, -0.2) is 29.4 Å². The first-order chi connectivity index (χ1) is 12.8. The lowest BCUT2D eigenvalue weighted by atomic mass is 9.86. The van der Waals surface area contributed by atoms with Crippen molar-refractivity contribution < 1.29 is 13.6 Å². The summed E-state index contributed by atoms with van der Waals surface area (Å²) < 4.78 is 27.3. The third-order valence-corrected chi connectivity index (χ3v) is 5.50. The van der Waals surface area contributed by atoms with E-state index in [4.69, 9.17) is 11.6 Å². The molecule has 1 fully saturated rings. The Kier molecular flexibility index (Phi) is 5.82. The van der Waals surface area contributed by atoms with E-state index in [1.165, 1.54) is 6.07 Å². The molecule has 0 aromatic heterocycles. The minimum absolute atomic E-state index is 0.306. The maximum atomic E-state index is 13.9. The first kappa shape index (κ1) is 19.8. The Labute approximate surface area is 163 Å². The molecule has 1 saturated heterocycles. The second-order valence-corrected chi connectivity index (χ2v) is 7.87. The molecule has 27 heavy (non-hydrogen) atoms. The van der Waals surface area contributed by atoms with Crippen LogP contribution in [0.1, 0.15) is 48.7 Å². The largest absolute Gasteiger partial charge is 0.343 e. The zero-order valence-corrected chi connectivity index (χ0v) is 16.2. The van der Waals surface area contributed by atoms with Gasteiger partial charge >= 0.3 is 0 Å². The number of carbonyl (C=O) groups is 1. The van der Waals surface area contributed by atoms with Gasteiger partial charge < -0.3 is 5.32 Å². The third kappa shape index (κ3) is 4.30. The van der Waals surface area contributed by atoms with Gasteiger partial charge in [-0.25, -0.2) is 8.78 Å². The van der Waals surface area contributed by atoms with E-state index in [-0.39, 0.29) is 5.91 Å². The average molecular weight is 393 g/mol. The van der Waals surface area contributed by atoms with Crippen molar-refractivity contribution in [3.63, 3.8) is 0 Å². The normalized spacial score (nSPS) is 16.3. The first-order valence-corrected chi connectivity index (χ1v) is 9.43. The van der Waals surface area contributed by atoms with Gasteiger partial charge in [-0.05, 0) is 75.7 Å². The molecule has 0 aliphatic carbocycles. The molecule has 1 heterocycles. The fourth-order valence-corrected chi connectivity index (χ4v) is 3.87. The Balaban J connectivity index is 1.96. The van der Waals surface area contributed by atoms with E-state index >= 15 is 0 Å². The number of carbonyl (C=O) groups excluding carboxylic acids is 1. The molecule has 1 aliphatic rings. The van der Waals surface area contributed by atoms with Crippen molar-refractivity contribution in [3.05, 3.63) is 70.2 Å². The summed E-state index contributed by atoms with van der Waals surface area (Å²) in [5.74, 6) is -2.14. The summed E-state index contributed by atoms with van der Waals surface area (Å²) in [7, 11) is 0. The predicted molar refractivity (Wildman–Crippen MR) is 103 cm³/mol. The van der Waals surface area contributed by atoms with Gasteiger partial charge in [0.2, 0.25) is 0 Å². The van der Waals surface area contributed by atoms with Gasteiger partial charge in [-0.1, -0.05) is 23.7 Å². The summed E-state index contributed by atoms with van der Waals surface area (Å²) >= 11 is 5.99. The SMILES string of the molecule is CC(C)(C(NC(=O)c1cccc(Cl)c1)c1ccc(F)c(F)c1)N1CCCC1. The first-order valence-electron chi connectivity index (χ1n) is 9.05. The predicted octanol–water partition coefficient (Wildman–Crippen LogP) is 4.96. The fourth-order valence-electron chi connectivity index (χ4n) is 3.68. The number of rotatable bonds is 5. The molecule has 2 aromatic rings. The summed E-state index contributed by atoms with van der Waals surface area (Å²) in [6, 6.07) is 9.93. The van der Waals surface area contributed by atoms with Crippen LogP contribution in [0.25, 0.3) is 0 Å². The van der Waals surface area contributed by atoms with Crippen LogP contribution in [0.5, 0.6) is 0 Å². The highest BCUT2D eigenvalue weighted by Crippen LogP contribution is 2.34. The lowest BCUT2D eigenvalue weighted by Crippen LogP contribution is -2.52. The number of benzene rings is 2. The van der Waals surface area contributed by atoms with Gasteiger partial charge in [0.1, 0.15) is 0 Å².